The molecule has 1 aliphatic heterocycles. The topological polar surface area (TPSA) is 83.6 Å². The highest BCUT2D eigenvalue weighted by Crippen LogP contribution is 2.13. The molecule has 0 saturated carbocycles. The standard InChI is InChI=1S/C17H26N4O3/c1-2-24-10-4-7-19-16(22)11-15-17(23)20-8-9-21(15)13-14-5-3-6-18-12-14/h3,5-6,12,15H,2,4,7-11,13H2,1H3,(H,19,22)(H,20,23). The average molecular weight is 334 g/mol. The van der Waals surface area contributed by atoms with Crippen molar-refractivity contribution < 1.29 is 14.3 Å². The van der Waals surface area contributed by atoms with E-state index < -0.39 is 6.04 Å². The van der Waals surface area contributed by atoms with Gasteiger partial charge in [0.05, 0.1) is 12.5 Å². The summed E-state index contributed by atoms with van der Waals surface area (Å²) in [5.41, 5.74) is 1.04. The van der Waals surface area contributed by atoms with Crippen LogP contribution in [-0.4, -0.2) is 60.6 Å². The van der Waals surface area contributed by atoms with E-state index in [9.17, 15) is 9.59 Å². The van der Waals surface area contributed by atoms with Crippen LogP contribution in [0.5, 0.6) is 0 Å². The van der Waals surface area contributed by atoms with Crippen LogP contribution in [0.25, 0.3) is 0 Å². The average Bonchev–Trinajstić information content (AvgIpc) is 2.59. The Morgan fingerprint density at radius 1 is 1.54 bits per heavy atom. The van der Waals surface area contributed by atoms with Crippen LogP contribution >= 0.6 is 0 Å². The molecule has 2 N–H and O–H groups in total. The molecule has 0 radical (unpaired) electrons. The molecule has 2 amide bonds. The third-order valence-electron chi connectivity index (χ3n) is 3.92. The van der Waals surface area contributed by atoms with Crippen LogP contribution in [0, 0.1) is 0 Å². The van der Waals surface area contributed by atoms with Crippen LogP contribution in [0.15, 0.2) is 24.5 Å². The molecular weight excluding hydrogens is 308 g/mol. The second kappa shape index (κ2) is 10.00. The Morgan fingerprint density at radius 2 is 2.42 bits per heavy atom. The molecule has 2 rings (SSSR count). The van der Waals surface area contributed by atoms with Crippen molar-refractivity contribution in [2.45, 2.75) is 32.4 Å². The zero-order chi connectivity index (χ0) is 17.2. The predicted molar refractivity (Wildman–Crippen MR) is 90.2 cm³/mol. The number of hydrogen-bond acceptors (Lipinski definition) is 5. The van der Waals surface area contributed by atoms with Crippen LogP contribution in [0.3, 0.4) is 0 Å². The van der Waals surface area contributed by atoms with Crippen LogP contribution in [0.2, 0.25) is 0 Å². The fraction of sp³-hybridized carbons (Fsp3) is 0.588. The van der Waals surface area contributed by atoms with E-state index in [-0.39, 0.29) is 18.2 Å². The largest absolute Gasteiger partial charge is 0.382 e. The summed E-state index contributed by atoms with van der Waals surface area (Å²) >= 11 is 0. The minimum atomic E-state index is -0.439. The van der Waals surface area contributed by atoms with Crippen molar-refractivity contribution in [1.29, 1.82) is 0 Å². The van der Waals surface area contributed by atoms with E-state index in [0.29, 0.717) is 32.8 Å². The van der Waals surface area contributed by atoms with Gasteiger partial charge in [-0.15, -0.1) is 0 Å². The van der Waals surface area contributed by atoms with Gasteiger partial charge in [0.15, 0.2) is 0 Å². The molecule has 0 bridgehead atoms. The number of ether oxygens (including phenoxy) is 1. The van der Waals surface area contributed by atoms with Gasteiger partial charge < -0.3 is 15.4 Å². The first-order chi connectivity index (χ1) is 11.7. The maximum Gasteiger partial charge on any atom is 0.237 e. The monoisotopic (exact) mass is 334 g/mol. The zero-order valence-electron chi connectivity index (χ0n) is 14.2. The van der Waals surface area contributed by atoms with Gasteiger partial charge in [-0.3, -0.25) is 19.5 Å². The maximum atomic E-state index is 12.2. The number of carbonyl (C=O) groups is 2. The molecule has 1 aromatic rings. The summed E-state index contributed by atoms with van der Waals surface area (Å²) in [4.78, 5) is 30.4. The Morgan fingerprint density at radius 3 is 3.17 bits per heavy atom. The number of piperazine rings is 1. The Bertz CT molecular complexity index is 524. The first-order valence-electron chi connectivity index (χ1n) is 8.45. The molecule has 1 unspecified atom stereocenters. The van der Waals surface area contributed by atoms with E-state index in [1.165, 1.54) is 0 Å². The third-order valence-corrected chi connectivity index (χ3v) is 3.92. The minimum absolute atomic E-state index is 0.0883. The van der Waals surface area contributed by atoms with Crippen molar-refractivity contribution in [2.24, 2.45) is 0 Å². The zero-order valence-corrected chi connectivity index (χ0v) is 14.2. The van der Waals surface area contributed by atoms with Crippen molar-refractivity contribution in [1.82, 2.24) is 20.5 Å². The van der Waals surface area contributed by atoms with E-state index in [2.05, 4.69) is 15.6 Å². The number of nitrogens with one attached hydrogen (secondary N) is 2. The van der Waals surface area contributed by atoms with Crippen molar-refractivity contribution in [3.8, 4) is 0 Å². The fourth-order valence-electron chi connectivity index (χ4n) is 2.69. The smallest absolute Gasteiger partial charge is 0.237 e. The van der Waals surface area contributed by atoms with Crippen molar-refractivity contribution in [3.05, 3.63) is 30.1 Å². The van der Waals surface area contributed by atoms with E-state index in [4.69, 9.17) is 4.74 Å². The predicted octanol–water partition coefficient (Wildman–Crippen LogP) is 0.315. The normalized spacial score (nSPS) is 18.2. The summed E-state index contributed by atoms with van der Waals surface area (Å²) < 4.78 is 5.24. The van der Waals surface area contributed by atoms with Gasteiger partial charge in [0, 0.05) is 51.8 Å². The molecule has 7 heteroatoms. The number of aromatic nitrogens is 1. The lowest BCUT2D eigenvalue weighted by atomic mass is 10.1. The van der Waals surface area contributed by atoms with Crippen molar-refractivity contribution in [2.75, 3.05) is 32.8 Å². The van der Waals surface area contributed by atoms with Gasteiger partial charge in [-0.2, -0.15) is 0 Å². The first-order valence-corrected chi connectivity index (χ1v) is 8.45. The van der Waals surface area contributed by atoms with Gasteiger partial charge in [0.2, 0.25) is 11.8 Å². The molecule has 7 nitrogen and oxygen atoms in total. The molecular formula is C17H26N4O3. The summed E-state index contributed by atoms with van der Waals surface area (Å²) in [7, 11) is 0. The lowest BCUT2D eigenvalue weighted by molar-refractivity contribution is -0.134. The summed E-state index contributed by atoms with van der Waals surface area (Å²) in [5, 5.41) is 5.70. The summed E-state index contributed by atoms with van der Waals surface area (Å²) in [6.45, 7) is 5.76. The van der Waals surface area contributed by atoms with Gasteiger partial charge >= 0.3 is 0 Å². The number of hydrogen-bond donors (Lipinski definition) is 2. The van der Waals surface area contributed by atoms with Gasteiger partial charge in [-0.25, -0.2) is 0 Å². The van der Waals surface area contributed by atoms with Crippen LogP contribution in [-0.2, 0) is 20.9 Å². The van der Waals surface area contributed by atoms with E-state index in [0.717, 1.165) is 18.5 Å². The number of rotatable bonds is 9. The quantitative estimate of drug-likeness (QED) is 0.635. The molecule has 1 atom stereocenters. The van der Waals surface area contributed by atoms with Crippen molar-refractivity contribution >= 4 is 11.8 Å². The molecule has 0 spiro atoms. The molecule has 0 aromatic carbocycles. The van der Waals surface area contributed by atoms with Gasteiger partial charge in [-0.05, 0) is 25.0 Å². The molecule has 24 heavy (non-hydrogen) atoms. The second-order valence-electron chi connectivity index (χ2n) is 5.74. The number of pyridine rings is 1. The van der Waals surface area contributed by atoms with Crippen LogP contribution in [0.4, 0.5) is 0 Å². The van der Waals surface area contributed by atoms with Gasteiger partial charge in [-0.1, -0.05) is 6.07 Å². The Hall–Kier alpha value is -1.99. The Kier molecular flexibility index (Phi) is 7.64. The van der Waals surface area contributed by atoms with Gasteiger partial charge in [0.1, 0.15) is 0 Å². The summed E-state index contributed by atoms with van der Waals surface area (Å²) in [6, 6.07) is 3.41. The second-order valence-corrected chi connectivity index (χ2v) is 5.74. The number of amides is 2. The van der Waals surface area contributed by atoms with Gasteiger partial charge in [0.25, 0.3) is 0 Å². The van der Waals surface area contributed by atoms with E-state index in [1.54, 1.807) is 12.4 Å². The Labute approximate surface area is 142 Å². The molecule has 1 saturated heterocycles. The van der Waals surface area contributed by atoms with Crippen molar-refractivity contribution in [3.63, 3.8) is 0 Å². The third kappa shape index (κ3) is 5.90. The summed E-state index contributed by atoms with van der Waals surface area (Å²) in [6.07, 6.45) is 4.45. The lowest BCUT2D eigenvalue weighted by Gasteiger charge is -2.34. The molecule has 2 heterocycles. The number of nitrogens with zero attached hydrogens (tertiary/aromatic N) is 2. The van der Waals surface area contributed by atoms with Crippen LogP contribution < -0.4 is 10.6 Å². The summed E-state index contributed by atoms with van der Waals surface area (Å²) in [5.74, 6) is -0.195. The van der Waals surface area contributed by atoms with E-state index in [1.807, 2.05) is 24.0 Å². The molecule has 1 aromatic heterocycles. The SMILES string of the molecule is CCOCCCNC(=O)CC1C(=O)NCCN1Cc1cccnc1. The molecule has 1 aliphatic rings. The lowest BCUT2D eigenvalue weighted by Crippen LogP contribution is -2.56. The fourth-order valence-corrected chi connectivity index (χ4v) is 2.69. The van der Waals surface area contributed by atoms with E-state index >= 15 is 0 Å². The maximum absolute atomic E-state index is 12.2. The number of carbonyl (C=O) groups excluding carboxylic acids is 2. The first kappa shape index (κ1) is 18.4. The Balaban J connectivity index is 1.84. The highest BCUT2D eigenvalue weighted by atomic mass is 16.5. The highest BCUT2D eigenvalue weighted by Gasteiger charge is 2.31. The molecule has 132 valence electrons. The minimum Gasteiger partial charge on any atom is -0.382 e. The molecule has 0 aliphatic carbocycles. The molecule has 1 fully saturated rings. The highest BCUT2D eigenvalue weighted by molar-refractivity contribution is 5.88. The van der Waals surface area contributed by atoms with Crippen LogP contribution in [0.1, 0.15) is 25.3 Å².